The number of benzene rings is 1. The van der Waals surface area contributed by atoms with Crippen LogP contribution in [0.1, 0.15) is 26.3 Å². The highest BCUT2D eigenvalue weighted by Gasteiger charge is 2.20. The van der Waals surface area contributed by atoms with Crippen LogP contribution in [0.25, 0.3) is 0 Å². The molecule has 0 aliphatic carbocycles. The van der Waals surface area contributed by atoms with Crippen LogP contribution in [0.5, 0.6) is 5.75 Å². The lowest BCUT2D eigenvalue weighted by Crippen LogP contribution is -2.49. The molecule has 1 atom stereocenters. The van der Waals surface area contributed by atoms with Crippen molar-refractivity contribution in [2.75, 3.05) is 44.2 Å². The van der Waals surface area contributed by atoms with E-state index in [0.717, 1.165) is 37.7 Å². The molecular weight excluding hydrogens is 374 g/mol. The zero-order chi connectivity index (χ0) is 19.3. The van der Waals surface area contributed by atoms with E-state index in [1.165, 1.54) is 5.56 Å². The van der Waals surface area contributed by atoms with Gasteiger partial charge in [0.25, 0.3) is 0 Å². The number of halogens is 1. The summed E-state index contributed by atoms with van der Waals surface area (Å²) < 4.78 is 5.77. The average molecular weight is 406 g/mol. The maximum atomic E-state index is 10.3. The van der Waals surface area contributed by atoms with Crippen molar-refractivity contribution in [1.82, 2.24) is 9.88 Å². The minimum absolute atomic E-state index is 0. The maximum absolute atomic E-state index is 10.3. The number of nitrogens with zero attached hydrogens (tertiary/aromatic N) is 3. The van der Waals surface area contributed by atoms with Gasteiger partial charge in [0.15, 0.2) is 0 Å². The summed E-state index contributed by atoms with van der Waals surface area (Å²) in [6.45, 7) is 11.2. The molecule has 1 aliphatic heterocycles. The third-order valence-corrected chi connectivity index (χ3v) is 4.98. The number of ether oxygens (including phenoxy) is 1. The number of piperazine rings is 1. The van der Waals surface area contributed by atoms with Crippen LogP contribution in [-0.2, 0) is 5.41 Å². The molecule has 1 aliphatic rings. The fourth-order valence-corrected chi connectivity index (χ4v) is 3.29. The van der Waals surface area contributed by atoms with E-state index in [9.17, 15) is 5.11 Å². The summed E-state index contributed by atoms with van der Waals surface area (Å²) in [6.07, 6.45) is 1.34. The van der Waals surface area contributed by atoms with Gasteiger partial charge < -0.3 is 14.7 Å². The first-order valence-corrected chi connectivity index (χ1v) is 9.71. The molecule has 0 saturated carbocycles. The molecule has 2 heterocycles. The van der Waals surface area contributed by atoms with Crippen molar-refractivity contribution in [3.05, 3.63) is 54.2 Å². The first kappa shape index (κ1) is 22.5. The van der Waals surface area contributed by atoms with Crippen LogP contribution < -0.4 is 9.64 Å². The fourth-order valence-electron chi connectivity index (χ4n) is 3.29. The monoisotopic (exact) mass is 405 g/mol. The topological polar surface area (TPSA) is 48.8 Å². The van der Waals surface area contributed by atoms with E-state index in [0.29, 0.717) is 13.2 Å². The van der Waals surface area contributed by atoms with Gasteiger partial charge in [0.2, 0.25) is 0 Å². The molecule has 5 nitrogen and oxygen atoms in total. The Bertz CT molecular complexity index is 696. The van der Waals surface area contributed by atoms with E-state index in [4.69, 9.17) is 4.74 Å². The van der Waals surface area contributed by atoms with Crippen LogP contribution >= 0.6 is 12.4 Å². The summed E-state index contributed by atoms with van der Waals surface area (Å²) in [4.78, 5) is 8.99. The smallest absolute Gasteiger partial charge is 0.128 e. The zero-order valence-electron chi connectivity index (χ0n) is 17.0. The van der Waals surface area contributed by atoms with Crippen LogP contribution in [0.4, 0.5) is 5.82 Å². The second kappa shape index (κ2) is 10.1. The van der Waals surface area contributed by atoms with E-state index in [2.05, 4.69) is 47.7 Å². The van der Waals surface area contributed by atoms with Gasteiger partial charge in [-0.05, 0) is 35.2 Å². The van der Waals surface area contributed by atoms with Crippen molar-refractivity contribution in [2.24, 2.45) is 0 Å². The normalized spacial score (nSPS) is 16.4. The summed E-state index contributed by atoms with van der Waals surface area (Å²) in [5.74, 6) is 1.83. The SMILES string of the molecule is CC(C)(C)c1ccc(OCC(O)CN2CCN(c3ccccn3)CC2)cc1.Cl. The number of hydrogen-bond donors (Lipinski definition) is 1. The van der Waals surface area contributed by atoms with Crippen LogP contribution in [0.2, 0.25) is 0 Å². The number of aromatic nitrogens is 1. The molecule has 1 unspecified atom stereocenters. The molecule has 1 saturated heterocycles. The van der Waals surface area contributed by atoms with Crippen molar-refractivity contribution in [2.45, 2.75) is 32.3 Å². The lowest BCUT2D eigenvalue weighted by Gasteiger charge is -2.36. The van der Waals surface area contributed by atoms with Gasteiger partial charge in [-0.25, -0.2) is 4.98 Å². The van der Waals surface area contributed by atoms with E-state index < -0.39 is 6.10 Å². The molecule has 0 spiro atoms. The third-order valence-electron chi connectivity index (χ3n) is 4.98. The number of pyridine rings is 1. The van der Waals surface area contributed by atoms with Crippen molar-refractivity contribution >= 4 is 18.2 Å². The number of aliphatic hydroxyl groups excluding tert-OH is 1. The van der Waals surface area contributed by atoms with Crippen LogP contribution in [0.15, 0.2) is 48.7 Å². The highest BCUT2D eigenvalue weighted by Crippen LogP contribution is 2.24. The summed E-state index contributed by atoms with van der Waals surface area (Å²) in [6, 6.07) is 14.2. The van der Waals surface area contributed by atoms with Gasteiger partial charge in [0.05, 0.1) is 0 Å². The van der Waals surface area contributed by atoms with Gasteiger partial charge in [-0.3, -0.25) is 4.90 Å². The summed E-state index contributed by atoms with van der Waals surface area (Å²) in [7, 11) is 0. The molecule has 1 aromatic carbocycles. The molecule has 0 radical (unpaired) electrons. The van der Waals surface area contributed by atoms with Gasteiger partial charge in [-0.15, -0.1) is 12.4 Å². The molecule has 0 bridgehead atoms. The lowest BCUT2D eigenvalue weighted by molar-refractivity contribution is 0.0662. The largest absolute Gasteiger partial charge is 0.491 e. The molecule has 1 N–H and O–H groups in total. The van der Waals surface area contributed by atoms with E-state index >= 15 is 0 Å². The number of aliphatic hydroxyl groups is 1. The van der Waals surface area contributed by atoms with Crippen molar-refractivity contribution in [3.8, 4) is 5.75 Å². The Morgan fingerprint density at radius 2 is 1.71 bits per heavy atom. The highest BCUT2D eigenvalue weighted by molar-refractivity contribution is 5.85. The molecule has 0 amide bonds. The Balaban J connectivity index is 0.00000280. The molecule has 154 valence electrons. The van der Waals surface area contributed by atoms with Gasteiger partial charge in [0, 0.05) is 38.9 Å². The molecule has 1 fully saturated rings. The first-order chi connectivity index (χ1) is 12.9. The van der Waals surface area contributed by atoms with E-state index in [-0.39, 0.29) is 17.8 Å². The maximum Gasteiger partial charge on any atom is 0.128 e. The van der Waals surface area contributed by atoms with Gasteiger partial charge >= 0.3 is 0 Å². The standard InChI is InChI=1S/C22H31N3O2.ClH/c1-22(2,3)18-7-9-20(10-8-18)27-17-19(26)16-24-12-14-25(15-13-24)21-6-4-5-11-23-21;/h4-11,19,26H,12-17H2,1-3H3;1H. The predicted octanol–water partition coefficient (Wildman–Crippen LogP) is 3.36. The quantitative estimate of drug-likeness (QED) is 0.798. The molecule has 28 heavy (non-hydrogen) atoms. The second-order valence-electron chi connectivity index (χ2n) is 8.21. The Morgan fingerprint density at radius 1 is 1.04 bits per heavy atom. The second-order valence-corrected chi connectivity index (χ2v) is 8.21. The van der Waals surface area contributed by atoms with E-state index in [1.54, 1.807) is 0 Å². The van der Waals surface area contributed by atoms with Crippen molar-refractivity contribution in [3.63, 3.8) is 0 Å². The zero-order valence-corrected chi connectivity index (χ0v) is 17.9. The van der Waals surface area contributed by atoms with Crippen molar-refractivity contribution in [1.29, 1.82) is 0 Å². The number of anilines is 1. The molecular formula is C22H32ClN3O2. The van der Waals surface area contributed by atoms with E-state index in [1.807, 2.05) is 36.5 Å². The van der Waals surface area contributed by atoms with Gasteiger partial charge in [0.1, 0.15) is 24.3 Å². The van der Waals surface area contributed by atoms with Gasteiger partial charge in [-0.1, -0.05) is 39.0 Å². The summed E-state index contributed by atoms with van der Waals surface area (Å²) in [5, 5.41) is 10.3. The Morgan fingerprint density at radius 3 is 2.29 bits per heavy atom. The van der Waals surface area contributed by atoms with Crippen LogP contribution in [-0.4, -0.2) is 60.4 Å². The molecule has 1 aromatic heterocycles. The summed E-state index contributed by atoms with van der Waals surface area (Å²) >= 11 is 0. The first-order valence-electron chi connectivity index (χ1n) is 9.71. The summed E-state index contributed by atoms with van der Waals surface area (Å²) in [5.41, 5.74) is 1.41. The Kier molecular flexibility index (Phi) is 8.10. The minimum Gasteiger partial charge on any atom is -0.491 e. The van der Waals surface area contributed by atoms with Crippen molar-refractivity contribution < 1.29 is 9.84 Å². The number of hydrogen-bond acceptors (Lipinski definition) is 5. The number of rotatable bonds is 6. The van der Waals surface area contributed by atoms with Crippen LogP contribution in [0.3, 0.4) is 0 Å². The minimum atomic E-state index is -0.492. The predicted molar refractivity (Wildman–Crippen MR) is 117 cm³/mol. The van der Waals surface area contributed by atoms with Crippen LogP contribution in [0, 0.1) is 0 Å². The fraction of sp³-hybridized carbons (Fsp3) is 0.500. The van der Waals surface area contributed by atoms with Gasteiger partial charge in [-0.2, -0.15) is 0 Å². The highest BCUT2D eigenvalue weighted by atomic mass is 35.5. The Labute approximate surface area is 174 Å². The third kappa shape index (κ3) is 6.36. The average Bonchev–Trinajstić information content (AvgIpc) is 2.67. The Hall–Kier alpha value is -1.82. The number of β-amino-alcohol motifs (C(OH)–C–C–N with tert-alkyl or cyclic N) is 1. The lowest BCUT2D eigenvalue weighted by atomic mass is 9.87. The molecule has 3 rings (SSSR count). The molecule has 6 heteroatoms. The molecule has 2 aromatic rings.